The van der Waals surface area contributed by atoms with Gasteiger partial charge >= 0.3 is 0 Å². The molecule has 2 amide bonds. The fourth-order valence-corrected chi connectivity index (χ4v) is 3.30. The van der Waals surface area contributed by atoms with Crippen molar-refractivity contribution in [1.82, 2.24) is 15.3 Å². The van der Waals surface area contributed by atoms with Crippen LogP contribution in [0.2, 0.25) is 0 Å². The van der Waals surface area contributed by atoms with Crippen molar-refractivity contribution in [3.63, 3.8) is 0 Å². The SMILES string of the molecule is CC(C)C(NC(=O)CC1Oc2ccccc2NC1=O)c1nc2ccccc2[nH]1. The van der Waals surface area contributed by atoms with Crippen molar-refractivity contribution in [3.05, 3.63) is 54.4 Å². The van der Waals surface area contributed by atoms with Gasteiger partial charge in [0.2, 0.25) is 5.91 Å². The number of carbonyl (C=O) groups excluding carboxylic acids is 2. The first-order chi connectivity index (χ1) is 13.5. The minimum absolute atomic E-state index is 0.0659. The molecule has 2 unspecified atom stereocenters. The summed E-state index contributed by atoms with van der Waals surface area (Å²) in [6.45, 7) is 4.02. The van der Waals surface area contributed by atoms with E-state index < -0.39 is 6.10 Å². The Balaban J connectivity index is 1.47. The maximum Gasteiger partial charge on any atom is 0.266 e. The van der Waals surface area contributed by atoms with Gasteiger partial charge < -0.3 is 20.4 Å². The van der Waals surface area contributed by atoms with Crippen LogP contribution in [0, 0.1) is 5.92 Å². The summed E-state index contributed by atoms with van der Waals surface area (Å²) in [5, 5.41) is 5.77. The van der Waals surface area contributed by atoms with Gasteiger partial charge in [-0.05, 0) is 30.2 Å². The average molecular weight is 378 g/mol. The number of nitrogens with one attached hydrogen (secondary N) is 3. The Hall–Kier alpha value is -3.35. The number of ether oxygens (including phenoxy) is 1. The first-order valence-corrected chi connectivity index (χ1v) is 9.32. The molecule has 2 atom stereocenters. The Bertz CT molecular complexity index is 994. The zero-order valence-corrected chi connectivity index (χ0v) is 15.7. The molecule has 4 rings (SSSR count). The second-order valence-corrected chi connectivity index (χ2v) is 7.22. The van der Waals surface area contributed by atoms with E-state index in [4.69, 9.17) is 4.74 Å². The molecular weight excluding hydrogens is 356 g/mol. The first kappa shape index (κ1) is 18.0. The van der Waals surface area contributed by atoms with E-state index in [2.05, 4.69) is 20.6 Å². The van der Waals surface area contributed by atoms with Crippen molar-refractivity contribution in [2.45, 2.75) is 32.4 Å². The molecule has 2 heterocycles. The summed E-state index contributed by atoms with van der Waals surface area (Å²) in [7, 11) is 0. The van der Waals surface area contributed by atoms with E-state index in [0.29, 0.717) is 17.3 Å². The van der Waals surface area contributed by atoms with Crippen LogP contribution in [-0.2, 0) is 9.59 Å². The highest BCUT2D eigenvalue weighted by molar-refractivity contribution is 6.00. The normalized spacial score (nSPS) is 17.0. The number of H-pyrrole nitrogens is 1. The van der Waals surface area contributed by atoms with Crippen molar-refractivity contribution in [3.8, 4) is 5.75 Å². The van der Waals surface area contributed by atoms with E-state index in [1.807, 2.05) is 50.2 Å². The number of carbonyl (C=O) groups is 2. The molecule has 7 nitrogen and oxygen atoms in total. The molecule has 3 aromatic rings. The van der Waals surface area contributed by atoms with Crippen LogP contribution in [0.3, 0.4) is 0 Å². The van der Waals surface area contributed by atoms with Gasteiger partial charge in [-0.25, -0.2) is 4.98 Å². The van der Waals surface area contributed by atoms with E-state index in [0.717, 1.165) is 11.0 Å². The summed E-state index contributed by atoms with van der Waals surface area (Å²) in [6, 6.07) is 14.6. The number of anilines is 1. The molecule has 1 aromatic heterocycles. The van der Waals surface area contributed by atoms with Gasteiger partial charge in [-0.3, -0.25) is 9.59 Å². The predicted octanol–water partition coefficient (Wildman–Crippen LogP) is 3.17. The summed E-state index contributed by atoms with van der Waals surface area (Å²) >= 11 is 0. The molecule has 1 aliphatic rings. The van der Waals surface area contributed by atoms with Gasteiger partial charge in [0, 0.05) is 0 Å². The lowest BCUT2D eigenvalue weighted by molar-refractivity contribution is -0.131. The second kappa shape index (κ2) is 7.34. The fraction of sp³-hybridized carbons (Fsp3) is 0.286. The zero-order chi connectivity index (χ0) is 19.7. The fourth-order valence-electron chi connectivity index (χ4n) is 3.30. The van der Waals surface area contributed by atoms with Crippen LogP contribution in [0.15, 0.2) is 48.5 Å². The predicted molar refractivity (Wildman–Crippen MR) is 106 cm³/mol. The third-order valence-corrected chi connectivity index (χ3v) is 4.76. The van der Waals surface area contributed by atoms with Crippen LogP contribution in [0.5, 0.6) is 5.75 Å². The number of benzene rings is 2. The highest BCUT2D eigenvalue weighted by atomic mass is 16.5. The van der Waals surface area contributed by atoms with Crippen molar-refractivity contribution < 1.29 is 14.3 Å². The van der Waals surface area contributed by atoms with E-state index >= 15 is 0 Å². The smallest absolute Gasteiger partial charge is 0.266 e. The molecule has 28 heavy (non-hydrogen) atoms. The van der Waals surface area contributed by atoms with Gasteiger partial charge in [-0.2, -0.15) is 0 Å². The lowest BCUT2D eigenvalue weighted by atomic mass is 10.0. The number of hydrogen-bond acceptors (Lipinski definition) is 4. The first-order valence-electron chi connectivity index (χ1n) is 9.32. The molecule has 0 bridgehead atoms. The number of amides is 2. The van der Waals surface area contributed by atoms with Crippen LogP contribution in [0.25, 0.3) is 11.0 Å². The number of rotatable bonds is 5. The Morgan fingerprint density at radius 3 is 2.71 bits per heavy atom. The molecular formula is C21H22N4O3. The van der Waals surface area contributed by atoms with E-state index in [1.54, 1.807) is 12.1 Å². The monoisotopic (exact) mass is 378 g/mol. The van der Waals surface area contributed by atoms with Crippen molar-refractivity contribution in [2.75, 3.05) is 5.32 Å². The van der Waals surface area contributed by atoms with Gasteiger partial charge in [0.1, 0.15) is 11.6 Å². The summed E-state index contributed by atoms with van der Waals surface area (Å²) in [5.41, 5.74) is 2.39. The Labute approximate surface area is 162 Å². The molecule has 0 saturated heterocycles. The van der Waals surface area contributed by atoms with Crippen LogP contribution in [0.4, 0.5) is 5.69 Å². The Morgan fingerprint density at radius 1 is 1.18 bits per heavy atom. The summed E-state index contributed by atoms with van der Waals surface area (Å²) < 4.78 is 5.71. The number of imidazole rings is 1. The molecule has 7 heteroatoms. The molecule has 1 aliphatic heterocycles. The third kappa shape index (κ3) is 3.55. The zero-order valence-electron chi connectivity index (χ0n) is 15.7. The number of hydrogen-bond donors (Lipinski definition) is 3. The standard InChI is InChI=1S/C21H22N4O3/c1-12(2)19(20-22-13-7-3-4-8-14(13)23-20)25-18(26)11-17-21(27)24-15-9-5-6-10-16(15)28-17/h3-10,12,17,19H,11H2,1-2H3,(H,22,23)(H,24,27)(H,25,26). The number of para-hydroxylation sites is 4. The van der Waals surface area contributed by atoms with Crippen molar-refractivity contribution >= 4 is 28.5 Å². The number of aromatic amines is 1. The van der Waals surface area contributed by atoms with Crippen LogP contribution in [0.1, 0.15) is 32.1 Å². The second-order valence-electron chi connectivity index (χ2n) is 7.22. The number of nitrogens with zero attached hydrogens (tertiary/aromatic N) is 1. The minimum atomic E-state index is -0.863. The number of fused-ring (bicyclic) bond motifs is 2. The maximum absolute atomic E-state index is 12.7. The van der Waals surface area contributed by atoms with Crippen LogP contribution in [-0.4, -0.2) is 27.9 Å². The number of aromatic nitrogens is 2. The summed E-state index contributed by atoms with van der Waals surface area (Å²) in [6.07, 6.45) is -0.928. The maximum atomic E-state index is 12.7. The van der Waals surface area contributed by atoms with E-state index in [-0.39, 0.29) is 30.2 Å². The Kier molecular flexibility index (Phi) is 4.73. The summed E-state index contributed by atoms with van der Waals surface area (Å²) in [5.74, 6) is 0.796. The lowest BCUT2D eigenvalue weighted by Gasteiger charge is -2.26. The van der Waals surface area contributed by atoms with E-state index in [9.17, 15) is 9.59 Å². The third-order valence-electron chi connectivity index (χ3n) is 4.76. The molecule has 3 N–H and O–H groups in total. The van der Waals surface area contributed by atoms with Gasteiger partial charge in [0.05, 0.1) is 29.2 Å². The van der Waals surface area contributed by atoms with Gasteiger partial charge in [-0.15, -0.1) is 0 Å². The van der Waals surface area contributed by atoms with E-state index in [1.165, 1.54) is 0 Å². The quantitative estimate of drug-likeness (QED) is 0.635. The van der Waals surface area contributed by atoms with Gasteiger partial charge in [0.25, 0.3) is 5.91 Å². The Morgan fingerprint density at radius 2 is 1.93 bits per heavy atom. The lowest BCUT2D eigenvalue weighted by Crippen LogP contribution is -2.42. The highest BCUT2D eigenvalue weighted by Crippen LogP contribution is 2.30. The van der Waals surface area contributed by atoms with Crippen molar-refractivity contribution in [1.29, 1.82) is 0 Å². The molecule has 0 fully saturated rings. The molecule has 0 saturated carbocycles. The van der Waals surface area contributed by atoms with Gasteiger partial charge in [-0.1, -0.05) is 38.1 Å². The topological polar surface area (TPSA) is 96.1 Å². The van der Waals surface area contributed by atoms with Gasteiger partial charge in [0.15, 0.2) is 6.10 Å². The molecule has 0 spiro atoms. The summed E-state index contributed by atoms with van der Waals surface area (Å²) in [4.78, 5) is 32.8. The van der Waals surface area contributed by atoms with Crippen LogP contribution >= 0.6 is 0 Å². The minimum Gasteiger partial charge on any atom is -0.478 e. The largest absolute Gasteiger partial charge is 0.478 e. The molecule has 0 radical (unpaired) electrons. The molecule has 144 valence electrons. The molecule has 2 aromatic carbocycles. The van der Waals surface area contributed by atoms with Crippen molar-refractivity contribution in [2.24, 2.45) is 5.92 Å². The highest BCUT2D eigenvalue weighted by Gasteiger charge is 2.31. The molecule has 0 aliphatic carbocycles. The van der Waals surface area contributed by atoms with Crippen LogP contribution < -0.4 is 15.4 Å². The average Bonchev–Trinajstić information content (AvgIpc) is 3.10.